The largest absolute Gasteiger partial charge is 0.381 e. The fourth-order valence-corrected chi connectivity index (χ4v) is 5.70. The van der Waals surface area contributed by atoms with Crippen molar-refractivity contribution in [3.63, 3.8) is 0 Å². The van der Waals surface area contributed by atoms with E-state index in [9.17, 15) is 0 Å². The summed E-state index contributed by atoms with van der Waals surface area (Å²) in [5.74, 6) is -1.92. The standard InChI is InChI=1S/C22H46O4.C18H38O4/c1-6-9-12-13-14-15-18-21(23-4)22(24-5,25-19-16-10-7-2)26-20-17-11-8-3;1-5-6-13-16-22-17-14-11-9-7-8-10-12-15-18(19-2,20-3)21-4/h21H,6-20H2,1-5H3;5-17H2,1-4H3. The first-order chi connectivity index (χ1) is 23.4. The third-order valence-corrected chi connectivity index (χ3v) is 8.98. The summed E-state index contributed by atoms with van der Waals surface area (Å²) in [5.41, 5.74) is 0. The van der Waals surface area contributed by atoms with E-state index in [2.05, 4.69) is 27.7 Å². The van der Waals surface area contributed by atoms with Gasteiger partial charge in [-0.05, 0) is 38.5 Å². The number of hydrogen-bond donors (Lipinski definition) is 0. The molecule has 8 heteroatoms. The third-order valence-electron chi connectivity index (χ3n) is 8.98. The smallest absolute Gasteiger partial charge is 0.310 e. The van der Waals surface area contributed by atoms with Crippen LogP contribution in [0.1, 0.15) is 182 Å². The normalized spacial score (nSPS) is 12.7. The van der Waals surface area contributed by atoms with Gasteiger partial charge in [-0.25, -0.2) is 0 Å². The molecule has 1 unspecified atom stereocenters. The predicted molar refractivity (Wildman–Crippen MR) is 201 cm³/mol. The van der Waals surface area contributed by atoms with Crippen LogP contribution >= 0.6 is 0 Å². The van der Waals surface area contributed by atoms with Gasteiger partial charge in [0.1, 0.15) is 6.10 Å². The minimum absolute atomic E-state index is 0.193. The molecule has 0 amide bonds. The van der Waals surface area contributed by atoms with Gasteiger partial charge in [-0.3, -0.25) is 0 Å². The Labute approximate surface area is 299 Å². The van der Waals surface area contributed by atoms with Crippen molar-refractivity contribution in [2.75, 3.05) is 62.0 Å². The zero-order valence-corrected chi connectivity index (χ0v) is 33.6. The summed E-state index contributed by atoms with van der Waals surface area (Å²) >= 11 is 0. The molecular weight excluding hydrogens is 608 g/mol. The minimum Gasteiger partial charge on any atom is -0.381 e. The molecule has 0 aliphatic rings. The zero-order valence-electron chi connectivity index (χ0n) is 33.6. The molecule has 0 aromatic rings. The van der Waals surface area contributed by atoms with Gasteiger partial charge in [-0.1, -0.05) is 137 Å². The summed E-state index contributed by atoms with van der Waals surface area (Å²) in [6, 6.07) is 0. The van der Waals surface area contributed by atoms with Gasteiger partial charge in [0, 0.05) is 55.2 Å². The lowest BCUT2D eigenvalue weighted by Crippen LogP contribution is -2.50. The van der Waals surface area contributed by atoms with Crippen LogP contribution in [0.25, 0.3) is 0 Å². The Balaban J connectivity index is 0. The van der Waals surface area contributed by atoms with Crippen LogP contribution in [0.4, 0.5) is 0 Å². The van der Waals surface area contributed by atoms with E-state index in [1.54, 1.807) is 35.5 Å². The van der Waals surface area contributed by atoms with Crippen LogP contribution < -0.4 is 0 Å². The van der Waals surface area contributed by atoms with E-state index < -0.39 is 11.9 Å². The fourth-order valence-electron chi connectivity index (χ4n) is 5.70. The van der Waals surface area contributed by atoms with Gasteiger partial charge in [-0.15, -0.1) is 0 Å². The van der Waals surface area contributed by atoms with Crippen molar-refractivity contribution in [1.29, 1.82) is 0 Å². The molecule has 0 radical (unpaired) electrons. The Morgan fingerprint density at radius 2 is 0.771 bits per heavy atom. The molecule has 0 heterocycles. The lowest BCUT2D eigenvalue weighted by atomic mass is 10.1. The number of rotatable bonds is 37. The van der Waals surface area contributed by atoms with Crippen molar-refractivity contribution >= 4 is 0 Å². The van der Waals surface area contributed by atoms with Crippen LogP contribution in [0, 0.1) is 0 Å². The Kier molecular flexibility index (Phi) is 39.3. The Bertz CT molecular complexity index is 582. The van der Waals surface area contributed by atoms with Crippen LogP contribution in [0.15, 0.2) is 0 Å². The first-order valence-corrected chi connectivity index (χ1v) is 20.0. The first kappa shape index (κ1) is 49.8. The zero-order chi connectivity index (χ0) is 36.0. The maximum atomic E-state index is 6.14. The number of ether oxygens (including phenoxy) is 8. The van der Waals surface area contributed by atoms with E-state index in [1.807, 2.05) is 0 Å². The highest BCUT2D eigenvalue weighted by Crippen LogP contribution is 2.28. The summed E-state index contributed by atoms with van der Waals surface area (Å²) in [5, 5.41) is 0. The van der Waals surface area contributed by atoms with E-state index in [0.717, 1.165) is 64.6 Å². The second-order valence-corrected chi connectivity index (χ2v) is 13.0. The first-order valence-electron chi connectivity index (χ1n) is 20.0. The SMILES string of the molecule is CCCCCCCCC(OC)C(OC)(OCCCCC)OCCCCC.CCCCCOCCCCCCCCCC(OC)(OC)OC. The molecule has 1 atom stereocenters. The van der Waals surface area contributed by atoms with Crippen molar-refractivity contribution in [2.24, 2.45) is 0 Å². The van der Waals surface area contributed by atoms with Gasteiger partial charge in [0.15, 0.2) is 0 Å². The molecule has 0 saturated heterocycles. The van der Waals surface area contributed by atoms with Crippen LogP contribution in [0.5, 0.6) is 0 Å². The van der Waals surface area contributed by atoms with E-state index in [1.165, 1.54) is 103 Å². The monoisotopic (exact) mass is 693 g/mol. The van der Waals surface area contributed by atoms with Crippen LogP contribution in [0.3, 0.4) is 0 Å². The van der Waals surface area contributed by atoms with Crippen molar-refractivity contribution in [3.05, 3.63) is 0 Å². The van der Waals surface area contributed by atoms with E-state index in [-0.39, 0.29) is 6.10 Å². The molecule has 0 bridgehead atoms. The van der Waals surface area contributed by atoms with Gasteiger partial charge in [0.25, 0.3) is 5.97 Å². The van der Waals surface area contributed by atoms with Crippen LogP contribution in [0.2, 0.25) is 0 Å². The lowest BCUT2D eigenvalue weighted by molar-refractivity contribution is -0.409. The van der Waals surface area contributed by atoms with Crippen LogP contribution in [-0.2, 0) is 37.9 Å². The van der Waals surface area contributed by atoms with Gasteiger partial charge in [0.2, 0.25) is 0 Å². The Morgan fingerprint density at radius 3 is 1.21 bits per heavy atom. The molecule has 0 fully saturated rings. The van der Waals surface area contributed by atoms with Gasteiger partial charge in [0.05, 0.1) is 13.2 Å². The molecule has 0 N–H and O–H groups in total. The highest BCUT2D eigenvalue weighted by molar-refractivity contribution is 4.73. The highest BCUT2D eigenvalue weighted by atomic mass is 16.9. The van der Waals surface area contributed by atoms with Gasteiger partial charge < -0.3 is 37.9 Å². The second-order valence-electron chi connectivity index (χ2n) is 13.0. The van der Waals surface area contributed by atoms with Crippen molar-refractivity contribution in [2.45, 2.75) is 200 Å². The van der Waals surface area contributed by atoms with E-state index in [0.29, 0.717) is 13.2 Å². The topological polar surface area (TPSA) is 73.8 Å². The van der Waals surface area contributed by atoms with Gasteiger partial charge in [-0.2, -0.15) is 0 Å². The predicted octanol–water partition coefficient (Wildman–Crippen LogP) is 11.4. The summed E-state index contributed by atoms with van der Waals surface area (Å²) in [6.07, 6.45) is 28.2. The summed E-state index contributed by atoms with van der Waals surface area (Å²) in [4.78, 5) is 0. The Morgan fingerprint density at radius 1 is 0.396 bits per heavy atom. The molecular formula is C40H84O8. The molecule has 0 rings (SSSR count). The summed E-state index contributed by atoms with van der Waals surface area (Å²) in [7, 11) is 8.28. The molecule has 0 saturated carbocycles. The molecule has 292 valence electrons. The highest BCUT2D eigenvalue weighted by Gasteiger charge is 2.42. The number of hydrogen-bond acceptors (Lipinski definition) is 8. The maximum absolute atomic E-state index is 6.14. The fraction of sp³-hybridized carbons (Fsp3) is 1.00. The molecule has 0 spiro atoms. The molecule has 0 aromatic heterocycles. The minimum atomic E-state index is -1.07. The molecule has 0 aliphatic carbocycles. The van der Waals surface area contributed by atoms with Crippen molar-refractivity contribution in [1.82, 2.24) is 0 Å². The van der Waals surface area contributed by atoms with Gasteiger partial charge >= 0.3 is 5.97 Å². The average Bonchev–Trinajstić information content (AvgIpc) is 3.12. The molecule has 0 aromatic carbocycles. The summed E-state index contributed by atoms with van der Waals surface area (Å²) < 4.78 is 45.3. The average molecular weight is 693 g/mol. The quantitative estimate of drug-likeness (QED) is 0.0470. The van der Waals surface area contributed by atoms with E-state index in [4.69, 9.17) is 37.9 Å². The molecule has 48 heavy (non-hydrogen) atoms. The second kappa shape index (κ2) is 37.9. The molecule has 8 nitrogen and oxygen atoms in total. The molecule has 0 aliphatic heterocycles. The van der Waals surface area contributed by atoms with Crippen molar-refractivity contribution in [3.8, 4) is 0 Å². The summed E-state index contributed by atoms with van der Waals surface area (Å²) in [6.45, 7) is 12.0. The number of unbranched alkanes of at least 4 members (excludes halogenated alkanes) is 17. The van der Waals surface area contributed by atoms with Crippen molar-refractivity contribution < 1.29 is 37.9 Å². The van der Waals surface area contributed by atoms with Crippen LogP contribution in [-0.4, -0.2) is 80.0 Å². The lowest BCUT2D eigenvalue weighted by Gasteiger charge is -2.37. The third kappa shape index (κ3) is 27.4. The maximum Gasteiger partial charge on any atom is 0.310 e. The Hall–Kier alpha value is -0.320. The van der Waals surface area contributed by atoms with E-state index >= 15 is 0 Å². The number of methoxy groups -OCH3 is 5.